The molecule has 2 aromatic carbocycles. The zero-order valence-electron chi connectivity index (χ0n) is 14.4. The van der Waals surface area contributed by atoms with E-state index in [4.69, 9.17) is 4.74 Å². The molecule has 25 heavy (non-hydrogen) atoms. The summed E-state index contributed by atoms with van der Waals surface area (Å²) in [6.45, 7) is 2.64. The molecule has 0 aliphatic carbocycles. The first-order valence-electron chi connectivity index (χ1n) is 8.70. The van der Waals surface area contributed by atoms with Gasteiger partial charge in [0.15, 0.2) is 0 Å². The number of imidazole rings is 1. The van der Waals surface area contributed by atoms with E-state index < -0.39 is 6.10 Å². The van der Waals surface area contributed by atoms with Crippen LogP contribution in [0.5, 0.6) is 5.75 Å². The summed E-state index contributed by atoms with van der Waals surface area (Å²) in [5, 5.41) is 12.7. The van der Waals surface area contributed by atoms with E-state index in [2.05, 4.69) is 26.6 Å². The average molecular weight is 337 g/mol. The van der Waals surface area contributed by atoms with E-state index >= 15 is 0 Å². The van der Waals surface area contributed by atoms with Gasteiger partial charge in [-0.15, -0.1) is 0 Å². The summed E-state index contributed by atoms with van der Waals surface area (Å²) in [7, 11) is 2.04. The molecule has 0 saturated carbocycles. The highest BCUT2D eigenvalue weighted by atomic mass is 16.5. The summed E-state index contributed by atoms with van der Waals surface area (Å²) in [6, 6.07) is 14.2. The number of hydrogen-bond acceptors (Lipinski definition) is 4. The van der Waals surface area contributed by atoms with Crippen molar-refractivity contribution in [2.75, 3.05) is 19.7 Å². The molecule has 1 aromatic heterocycles. The van der Waals surface area contributed by atoms with Gasteiger partial charge < -0.3 is 14.4 Å². The maximum absolute atomic E-state index is 10.3. The van der Waals surface area contributed by atoms with Gasteiger partial charge in [-0.05, 0) is 22.9 Å². The normalized spacial score (nSPS) is 15.9. The van der Waals surface area contributed by atoms with Crippen LogP contribution < -0.4 is 4.74 Å². The van der Waals surface area contributed by atoms with E-state index in [1.54, 1.807) is 0 Å². The first kappa shape index (κ1) is 16.1. The van der Waals surface area contributed by atoms with Crippen molar-refractivity contribution < 1.29 is 9.84 Å². The van der Waals surface area contributed by atoms with Gasteiger partial charge in [0, 0.05) is 38.8 Å². The third kappa shape index (κ3) is 3.52. The van der Waals surface area contributed by atoms with Gasteiger partial charge >= 0.3 is 0 Å². The molecule has 5 heteroatoms. The van der Waals surface area contributed by atoms with Crippen molar-refractivity contribution in [3.63, 3.8) is 0 Å². The number of ether oxygens (including phenoxy) is 1. The summed E-state index contributed by atoms with van der Waals surface area (Å²) in [6.07, 6.45) is 2.33. The number of aliphatic hydroxyl groups excluding tert-OH is 1. The first-order valence-corrected chi connectivity index (χ1v) is 8.70. The fraction of sp³-hybridized carbons (Fsp3) is 0.350. The molecule has 1 aliphatic rings. The van der Waals surface area contributed by atoms with Crippen molar-refractivity contribution >= 4 is 10.8 Å². The van der Waals surface area contributed by atoms with Gasteiger partial charge in [0.1, 0.15) is 18.5 Å². The molecule has 0 fully saturated rings. The summed E-state index contributed by atoms with van der Waals surface area (Å²) in [4.78, 5) is 6.68. The first-order chi connectivity index (χ1) is 12.2. The molecule has 5 nitrogen and oxygen atoms in total. The molecule has 3 aromatic rings. The van der Waals surface area contributed by atoms with Crippen LogP contribution in [0.2, 0.25) is 0 Å². The highest BCUT2D eigenvalue weighted by Crippen LogP contribution is 2.21. The van der Waals surface area contributed by atoms with Crippen molar-refractivity contribution in [2.24, 2.45) is 7.05 Å². The van der Waals surface area contributed by atoms with E-state index in [-0.39, 0.29) is 0 Å². The SMILES string of the molecule is Cn1cnc2c1CCN(CC(O)COc1ccc3ccccc3c1)C2. The summed E-state index contributed by atoms with van der Waals surface area (Å²) < 4.78 is 7.88. The predicted molar refractivity (Wildman–Crippen MR) is 97.6 cm³/mol. The second kappa shape index (κ2) is 6.86. The Morgan fingerprint density at radius 1 is 1.20 bits per heavy atom. The Kier molecular flexibility index (Phi) is 4.42. The van der Waals surface area contributed by atoms with Crippen LogP contribution in [0, 0.1) is 0 Å². The minimum absolute atomic E-state index is 0.296. The number of fused-ring (bicyclic) bond motifs is 2. The number of β-amino-alcohol motifs (C(OH)–C–C–N with tert-alkyl or cyclic N) is 1. The molecule has 130 valence electrons. The lowest BCUT2D eigenvalue weighted by molar-refractivity contribution is 0.0631. The molecule has 0 radical (unpaired) electrons. The largest absolute Gasteiger partial charge is 0.491 e. The molecule has 0 saturated heterocycles. The molecular formula is C20H23N3O2. The Hall–Kier alpha value is -2.37. The Bertz CT molecular complexity index is 874. The van der Waals surface area contributed by atoms with Gasteiger partial charge in [-0.3, -0.25) is 4.90 Å². The second-order valence-corrected chi connectivity index (χ2v) is 6.71. The predicted octanol–water partition coefficient (Wildman–Crippen LogP) is 2.37. The van der Waals surface area contributed by atoms with Gasteiger partial charge in [0.2, 0.25) is 0 Å². The van der Waals surface area contributed by atoms with Crippen molar-refractivity contribution in [3.05, 3.63) is 60.2 Å². The highest BCUT2D eigenvalue weighted by molar-refractivity contribution is 5.83. The van der Waals surface area contributed by atoms with Crippen molar-refractivity contribution in [3.8, 4) is 5.75 Å². The molecular weight excluding hydrogens is 314 g/mol. The third-order valence-corrected chi connectivity index (χ3v) is 4.82. The fourth-order valence-electron chi connectivity index (χ4n) is 3.47. The third-order valence-electron chi connectivity index (χ3n) is 4.82. The molecule has 0 spiro atoms. The minimum atomic E-state index is -0.517. The van der Waals surface area contributed by atoms with Gasteiger partial charge in [-0.25, -0.2) is 4.98 Å². The van der Waals surface area contributed by atoms with Crippen LogP contribution in [0.3, 0.4) is 0 Å². The number of nitrogens with zero attached hydrogens (tertiary/aromatic N) is 3. The average Bonchev–Trinajstić information content (AvgIpc) is 3.00. The molecule has 4 rings (SSSR count). The number of aliphatic hydroxyl groups is 1. The quantitative estimate of drug-likeness (QED) is 0.777. The Morgan fingerprint density at radius 3 is 2.92 bits per heavy atom. The Balaban J connectivity index is 1.32. The van der Waals surface area contributed by atoms with Crippen molar-refractivity contribution in [2.45, 2.75) is 19.1 Å². The number of hydrogen-bond donors (Lipinski definition) is 1. The van der Waals surface area contributed by atoms with Crippen LogP contribution in [0.1, 0.15) is 11.4 Å². The molecule has 0 amide bonds. The summed E-state index contributed by atoms with van der Waals surface area (Å²) in [5.74, 6) is 0.795. The van der Waals surface area contributed by atoms with Crippen LogP contribution >= 0.6 is 0 Å². The monoisotopic (exact) mass is 337 g/mol. The Labute approximate surface area is 147 Å². The van der Waals surface area contributed by atoms with Crippen LogP contribution in [0.4, 0.5) is 0 Å². The Morgan fingerprint density at radius 2 is 2.04 bits per heavy atom. The zero-order chi connectivity index (χ0) is 17.2. The molecule has 1 aliphatic heterocycles. The lowest BCUT2D eigenvalue weighted by atomic mass is 10.1. The van der Waals surface area contributed by atoms with E-state index in [1.165, 1.54) is 11.1 Å². The number of rotatable bonds is 5. The second-order valence-electron chi connectivity index (χ2n) is 6.71. The summed E-state index contributed by atoms with van der Waals surface area (Å²) >= 11 is 0. The van der Waals surface area contributed by atoms with Crippen molar-refractivity contribution in [1.82, 2.24) is 14.5 Å². The fourth-order valence-corrected chi connectivity index (χ4v) is 3.47. The highest BCUT2D eigenvalue weighted by Gasteiger charge is 2.21. The van der Waals surface area contributed by atoms with Crippen LogP contribution in [0.25, 0.3) is 10.8 Å². The lowest BCUT2D eigenvalue weighted by Gasteiger charge is -2.28. The smallest absolute Gasteiger partial charge is 0.120 e. The lowest BCUT2D eigenvalue weighted by Crippen LogP contribution is -2.39. The van der Waals surface area contributed by atoms with E-state index in [9.17, 15) is 5.11 Å². The van der Waals surface area contributed by atoms with Gasteiger partial charge in [0.05, 0.1) is 12.0 Å². The topological polar surface area (TPSA) is 50.5 Å². The van der Waals surface area contributed by atoms with E-state index in [1.807, 2.05) is 43.7 Å². The van der Waals surface area contributed by atoms with Crippen LogP contribution in [0.15, 0.2) is 48.8 Å². The van der Waals surface area contributed by atoms with Crippen LogP contribution in [-0.2, 0) is 20.0 Å². The molecule has 1 unspecified atom stereocenters. The van der Waals surface area contributed by atoms with Crippen molar-refractivity contribution in [1.29, 1.82) is 0 Å². The van der Waals surface area contributed by atoms with Gasteiger partial charge in [-0.1, -0.05) is 30.3 Å². The van der Waals surface area contributed by atoms with Gasteiger partial charge in [0.25, 0.3) is 0 Å². The maximum Gasteiger partial charge on any atom is 0.120 e. The number of aromatic nitrogens is 2. The molecule has 1 atom stereocenters. The van der Waals surface area contributed by atoms with E-state index in [0.29, 0.717) is 13.2 Å². The van der Waals surface area contributed by atoms with E-state index in [0.717, 1.165) is 36.3 Å². The summed E-state index contributed by atoms with van der Waals surface area (Å²) in [5.41, 5.74) is 2.43. The van der Waals surface area contributed by atoms with Gasteiger partial charge in [-0.2, -0.15) is 0 Å². The maximum atomic E-state index is 10.3. The zero-order valence-corrected chi connectivity index (χ0v) is 14.4. The molecule has 2 heterocycles. The minimum Gasteiger partial charge on any atom is -0.491 e. The van der Waals surface area contributed by atoms with Crippen LogP contribution in [-0.4, -0.2) is 45.4 Å². The number of benzene rings is 2. The number of aryl methyl sites for hydroxylation is 1. The molecule has 1 N–H and O–H groups in total. The molecule has 0 bridgehead atoms. The standard InChI is InChI=1S/C20H23N3O2/c1-22-14-21-19-12-23(9-8-20(19)22)11-17(24)13-25-18-7-6-15-4-2-3-5-16(15)10-18/h2-7,10,14,17,24H,8-9,11-13H2,1H3.